The molecule has 0 aliphatic carbocycles. The third-order valence-corrected chi connectivity index (χ3v) is 5.41. The smallest absolute Gasteiger partial charge is 0.307 e. The Morgan fingerprint density at radius 2 is 1.88 bits per heavy atom. The van der Waals surface area contributed by atoms with E-state index in [0.29, 0.717) is 24.5 Å². The molecule has 0 fully saturated rings. The van der Waals surface area contributed by atoms with Crippen LogP contribution in [0.5, 0.6) is 5.75 Å². The van der Waals surface area contributed by atoms with Gasteiger partial charge >= 0.3 is 5.97 Å². The Morgan fingerprint density at radius 3 is 2.66 bits per heavy atom. The highest BCUT2D eigenvalue weighted by Crippen LogP contribution is 2.34. The Morgan fingerprint density at radius 1 is 1.03 bits per heavy atom. The number of carboxylic acids is 1. The number of aryl methyl sites for hydroxylation is 1. The first kappa shape index (κ1) is 21.7. The highest BCUT2D eigenvalue weighted by atomic mass is 16.5. The van der Waals surface area contributed by atoms with Crippen LogP contribution in [0, 0.1) is 0 Å². The fourth-order valence-electron chi connectivity index (χ4n) is 3.92. The molecule has 0 aliphatic heterocycles. The van der Waals surface area contributed by atoms with Crippen molar-refractivity contribution >= 4 is 16.9 Å². The van der Waals surface area contributed by atoms with Crippen molar-refractivity contribution in [1.29, 1.82) is 0 Å². The van der Waals surface area contributed by atoms with Gasteiger partial charge in [-0.05, 0) is 53.4 Å². The van der Waals surface area contributed by atoms with Gasteiger partial charge in [0.25, 0.3) is 0 Å². The first-order valence-electron chi connectivity index (χ1n) is 10.8. The molecule has 0 saturated carbocycles. The third-order valence-electron chi connectivity index (χ3n) is 5.41. The third kappa shape index (κ3) is 4.84. The molecule has 1 aromatic heterocycles. The van der Waals surface area contributed by atoms with Gasteiger partial charge in [-0.15, -0.1) is 0 Å². The second kappa shape index (κ2) is 9.71. The van der Waals surface area contributed by atoms with Gasteiger partial charge in [0.1, 0.15) is 23.7 Å². The van der Waals surface area contributed by atoms with Crippen LogP contribution in [-0.4, -0.2) is 11.1 Å². The Balaban J connectivity index is 1.72. The maximum absolute atomic E-state index is 11.2. The number of rotatable bonds is 9. The Kier molecular flexibility index (Phi) is 6.57. The largest absolute Gasteiger partial charge is 0.489 e. The van der Waals surface area contributed by atoms with Crippen molar-refractivity contribution in [2.45, 2.75) is 39.3 Å². The van der Waals surface area contributed by atoms with Crippen LogP contribution in [0.4, 0.5) is 0 Å². The summed E-state index contributed by atoms with van der Waals surface area (Å²) < 4.78 is 12.3. The van der Waals surface area contributed by atoms with Gasteiger partial charge < -0.3 is 20.0 Å². The Bertz CT molecular complexity index is 1240. The molecule has 0 amide bonds. The lowest BCUT2D eigenvalue weighted by molar-refractivity contribution is -0.136. The summed E-state index contributed by atoms with van der Waals surface area (Å²) in [7, 11) is 0. The molecule has 0 aliphatic rings. The van der Waals surface area contributed by atoms with Crippen molar-refractivity contribution in [2.24, 2.45) is 5.73 Å². The van der Waals surface area contributed by atoms with Crippen molar-refractivity contribution in [1.82, 2.24) is 0 Å². The van der Waals surface area contributed by atoms with Crippen LogP contribution < -0.4 is 10.5 Å². The average molecular weight is 430 g/mol. The number of fused-ring (bicyclic) bond motifs is 1. The minimum Gasteiger partial charge on any atom is -0.489 e. The lowest BCUT2D eigenvalue weighted by Crippen LogP contribution is -2.04. The number of aliphatic carboxylic acids is 1. The zero-order valence-corrected chi connectivity index (χ0v) is 18.1. The summed E-state index contributed by atoms with van der Waals surface area (Å²) in [6, 6.07) is 21.7. The summed E-state index contributed by atoms with van der Waals surface area (Å²) in [5.74, 6) is 0.663. The van der Waals surface area contributed by atoms with Crippen LogP contribution in [-0.2, 0) is 30.8 Å². The zero-order chi connectivity index (χ0) is 22.5. The van der Waals surface area contributed by atoms with Crippen LogP contribution >= 0.6 is 0 Å². The topological polar surface area (TPSA) is 85.7 Å². The summed E-state index contributed by atoms with van der Waals surface area (Å²) in [6.07, 6.45) is 1.81. The highest BCUT2D eigenvalue weighted by molar-refractivity contribution is 5.93. The van der Waals surface area contributed by atoms with Crippen molar-refractivity contribution in [3.05, 3.63) is 89.2 Å². The molecule has 4 rings (SSSR count). The predicted molar refractivity (Wildman–Crippen MR) is 126 cm³/mol. The quantitative estimate of drug-likeness (QED) is 0.356. The Hall–Kier alpha value is -3.57. The van der Waals surface area contributed by atoms with E-state index in [4.69, 9.17) is 14.9 Å². The molecular formula is C27H27NO4. The molecule has 5 heteroatoms. The first-order valence-corrected chi connectivity index (χ1v) is 10.8. The van der Waals surface area contributed by atoms with Gasteiger partial charge in [-0.2, -0.15) is 0 Å². The van der Waals surface area contributed by atoms with E-state index in [2.05, 4.69) is 37.3 Å². The lowest BCUT2D eigenvalue weighted by Gasteiger charge is -2.12. The fourth-order valence-corrected chi connectivity index (χ4v) is 3.92. The van der Waals surface area contributed by atoms with Gasteiger partial charge in [-0.25, -0.2) is 0 Å². The second-order valence-corrected chi connectivity index (χ2v) is 7.90. The fraction of sp³-hybridized carbons (Fsp3) is 0.222. The average Bonchev–Trinajstić information content (AvgIpc) is 3.20. The summed E-state index contributed by atoms with van der Waals surface area (Å²) in [4.78, 5) is 11.2. The number of ether oxygens (including phenoxy) is 1. The summed E-state index contributed by atoms with van der Waals surface area (Å²) in [6.45, 7) is 2.93. The molecule has 0 bridgehead atoms. The SMILES string of the molecule is CCCc1cc2cc(COc3ccccc3CC(=O)O)cc(-c3cccc(CN)c3)c2o1. The number of carbonyl (C=O) groups is 1. The van der Waals surface area contributed by atoms with Gasteiger partial charge in [-0.3, -0.25) is 4.79 Å². The van der Waals surface area contributed by atoms with E-state index in [0.717, 1.165) is 51.8 Å². The number of benzene rings is 3. The summed E-state index contributed by atoms with van der Waals surface area (Å²) in [5.41, 5.74) is 11.5. The van der Waals surface area contributed by atoms with Crippen molar-refractivity contribution < 1.29 is 19.1 Å². The van der Waals surface area contributed by atoms with Gasteiger partial charge in [0.15, 0.2) is 0 Å². The minimum absolute atomic E-state index is 0.0750. The first-order chi connectivity index (χ1) is 15.6. The summed E-state index contributed by atoms with van der Waals surface area (Å²) in [5, 5.41) is 10.2. The van der Waals surface area contributed by atoms with Crippen molar-refractivity contribution in [2.75, 3.05) is 0 Å². The molecule has 0 radical (unpaired) electrons. The number of hydrogen-bond donors (Lipinski definition) is 2. The number of carboxylic acid groups (broad SMARTS) is 1. The molecule has 5 nitrogen and oxygen atoms in total. The van der Waals surface area contributed by atoms with Crippen molar-refractivity contribution in [3.63, 3.8) is 0 Å². The summed E-state index contributed by atoms with van der Waals surface area (Å²) >= 11 is 0. The van der Waals surface area contributed by atoms with Crippen LogP contribution in [0.25, 0.3) is 22.1 Å². The number of nitrogens with two attached hydrogens (primary N) is 1. The van der Waals surface area contributed by atoms with E-state index in [-0.39, 0.29) is 6.42 Å². The van der Waals surface area contributed by atoms with Gasteiger partial charge in [0, 0.05) is 29.5 Å². The molecule has 32 heavy (non-hydrogen) atoms. The van der Waals surface area contributed by atoms with Crippen LogP contribution in [0.2, 0.25) is 0 Å². The molecule has 1 heterocycles. The van der Waals surface area contributed by atoms with Gasteiger partial charge in [-0.1, -0.05) is 43.3 Å². The zero-order valence-electron chi connectivity index (χ0n) is 18.1. The number of furan rings is 1. The molecule has 3 N–H and O–H groups in total. The Labute approximate surface area is 187 Å². The lowest BCUT2D eigenvalue weighted by atomic mass is 9.99. The van der Waals surface area contributed by atoms with Crippen LogP contribution in [0.15, 0.2) is 71.1 Å². The van der Waals surface area contributed by atoms with E-state index in [1.807, 2.05) is 24.3 Å². The van der Waals surface area contributed by atoms with E-state index < -0.39 is 5.97 Å². The molecule has 0 atom stereocenters. The standard InChI is InChI=1S/C27H27NO4/c1-2-6-23-14-22-12-19(17-31-25-10-4-3-8-21(25)15-26(29)30)13-24(27(22)32-23)20-9-5-7-18(11-20)16-28/h3-5,7-14H,2,6,15-17,28H2,1H3,(H,29,30). The molecular weight excluding hydrogens is 402 g/mol. The second-order valence-electron chi connectivity index (χ2n) is 7.90. The van der Waals surface area contributed by atoms with E-state index in [9.17, 15) is 9.90 Å². The van der Waals surface area contributed by atoms with Crippen LogP contribution in [0.3, 0.4) is 0 Å². The number of hydrogen-bond acceptors (Lipinski definition) is 4. The molecule has 0 saturated heterocycles. The molecule has 164 valence electrons. The maximum Gasteiger partial charge on any atom is 0.307 e. The molecule has 0 unspecified atom stereocenters. The maximum atomic E-state index is 11.2. The van der Waals surface area contributed by atoms with Gasteiger partial charge in [0.05, 0.1) is 6.42 Å². The number of para-hydroxylation sites is 1. The molecule has 3 aromatic carbocycles. The monoisotopic (exact) mass is 429 g/mol. The minimum atomic E-state index is -0.883. The normalized spacial score (nSPS) is 11.1. The van der Waals surface area contributed by atoms with Crippen LogP contribution in [0.1, 0.15) is 35.8 Å². The predicted octanol–water partition coefficient (Wildman–Crippen LogP) is 5.72. The van der Waals surface area contributed by atoms with E-state index >= 15 is 0 Å². The van der Waals surface area contributed by atoms with Crippen molar-refractivity contribution in [3.8, 4) is 16.9 Å². The molecule has 4 aromatic rings. The van der Waals surface area contributed by atoms with Gasteiger partial charge in [0.2, 0.25) is 0 Å². The molecule has 0 spiro atoms. The van der Waals surface area contributed by atoms with E-state index in [1.54, 1.807) is 12.1 Å². The highest BCUT2D eigenvalue weighted by Gasteiger charge is 2.14. The van der Waals surface area contributed by atoms with E-state index in [1.165, 1.54) is 0 Å².